The van der Waals surface area contributed by atoms with E-state index in [0.29, 0.717) is 10.0 Å². The third-order valence-electron chi connectivity index (χ3n) is 2.86. The first-order chi connectivity index (χ1) is 8.56. The third kappa shape index (κ3) is 3.18. The van der Waals surface area contributed by atoms with Gasteiger partial charge in [0, 0.05) is 21.8 Å². The van der Waals surface area contributed by atoms with Crippen molar-refractivity contribution >= 4 is 28.9 Å². The molecule has 1 atom stereocenters. The minimum Gasteiger partial charge on any atom is -0.378 e. The Kier molecular flexibility index (Phi) is 4.15. The van der Waals surface area contributed by atoms with Crippen LogP contribution in [0.4, 0.5) is 5.69 Å². The van der Waals surface area contributed by atoms with E-state index in [4.69, 9.17) is 23.2 Å². The van der Waals surface area contributed by atoms with Gasteiger partial charge >= 0.3 is 0 Å². The van der Waals surface area contributed by atoms with Crippen molar-refractivity contribution in [3.63, 3.8) is 0 Å². The maximum Gasteiger partial charge on any atom is 0.0500 e. The Morgan fingerprint density at radius 3 is 2.28 bits per heavy atom. The number of hydrogen-bond acceptors (Lipinski definition) is 1. The highest BCUT2D eigenvalue weighted by Crippen LogP contribution is 2.28. The number of hydrogen-bond donors (Lipinski definition) is 1. The first-order valence-corrected chi connectivity index (χ1v) is 6.60. The second kappa shape index (κ2) is 5.64. The highest BCUT2D eigenvalue weighted by atomic mass is 35.5. The molecule has 94 valence electrons. The van der Waals surface area contributed by atoms with E-state index in [0.717, 1.165) is 11.3 Å². The summed E-state index contributed by atoms with van der Waals surface area (Å²) in [7, 11) is 0. The van der Waals surface area contributed by atoms with E-state index in [-0.39, 0.29) is 6.04 Å². The Labute approximate surface area is 118 Å². The number of rotatable bonds is 3. The van der Waals surface area contributed by atoms with E-state index >= 15 is 0 Å². The number of nitrogens with one attached hydrogen (secondary N) is 1. The minimum atomic E-state index is 0.137. The van der Waals surface area contributed by atoms with Gasteiger partial charge in [-0.3, -0.25) is 0 Å². The first-order valence-electron chi connectivity index (χ1n) is 5.84. The molecule has 1 N–H and O–H groups in total. The molecule has 2 rings (SSSR count). The minimum absolute atomic E-state index is 0.137. The van der Waals surface area contributed by atoms with E-state index in [1.807, 2.05) is 12.1 Å². The van der Waals surface area contributed by atoms with E-state index in [2.05, 4.69) is 43.4 Å². The predicted octanol–water partition coefficient (Wildman–Crippen LogP) is 5.47. The molecule has 0 aliphatic rings. The lowest BCUT2D eigenvalue weighted by Crippen LogP contribution is -2.07. The third-order valence-corrected chi connectivity index (χ3v) is 3.43. The molecule has 2 aromatic carbocycles. The lowest BCUT2D eigenvalue weighted by Gasteiger charge is -2.17. The average Bonchev–Trinajstić information content (AvgIpc) is 2.32. The number of aryl methyl sites for hydroxylation is 1. The Hall–Kier alpha value is -1.18. The summed E-state index contributed by atoms with van der Waals surface area (Å²) in [6, 6.07) is 14.0. The molecule has 0 spiro atoms. The van der Waals surface area contributed by atoms with E-state index in [1.54, 1.807) is 6.07 Å². The van der Waals surface area contributed by atoms with Gasteiger partial charge in [-0.1, -0.05) is 47.0 Å². The first kappa shape index (κ1) is 13.3. The summed E-state index contributed by atoms with van der Waals surface area (Å²) in [5, 5.41) is 4.77. The summed E-state index contributed by atoms with van der Waals surface area (Å²) < 4.78 is 0. The molecule has 0 fully saturated rings. The van der Waals surface area contributed by atoms with E-state index in [1.165, 1.54) is 5.56 Å². The average molecular weight is 280 g/mol. The van der Waals surface area contributed by atoms with Crippen LogP contribution in [-0.4, -0.2) is 0 Å². The molecule has 18 heavy (non-hydrogen) atoms. The molecule has 0 bridgehead atoms. The van der Waals surface area contributed by atoms with Crippen molar-refractivity contribution in [1.82, 2.24) is 0 Å². The summed E-state index contributed by atoms with van der Waals surface area (Å²) in [4.78, 5) is 0. The highest BCUT2D eigenvalue weighted by molar-refractivity contribution is 6.35. The van der Waals surface area contributed by atoms with Crippen molar-refractivity contribution in [2.24, 2.45) is 0 Å². The molecule has 0 saturated heterocycles. The lowest BCUT2D eigenvalue weighted by molar-refractivity contribution is 0.885. The standard InChI is InChI=1S/C15H15Cl2N/c1-10-3-6-13(7-4-10)18-11(2)14-8-5-12(16)9-15(14)17/h3-9,11,18H,1-2H3. The largest absolute Gasteiger partial charge is 0.378 e. The van der Waals surface area contributed by atoms with Gasteiger partial charge in [-0.25, -0.2) is 0 Å². The van der Waals surface area contributed by atoms with Crippen LogP contribution >= 0.6 is 23.2 Å². The number of anilines is 1. The molecular weight excluding hydrogens is 265 g/mol. The van der Waals surface area contributed by atoms with Gasteiger partial charge in [0.15, 0.2) is 0 Å². The summed E-state index contributed by atoms with van der Waals surface area (Å²) >= 11 is 12.1. The molecule has 2 aromatic rings. The monoisotopic (exact) mass is 279 g/mol. The van der Waals surface area contributed by atoms with Gasteiger partial charge in [-0.15, -0.1) is 0 Å². The maximum absolute atomic E-state index is 6.19. The molecule has 0 heterocycles. The van der Waals surface area contributed by atoms with Crippen LogP contribution in [0.3, 0.4) is 0 Å². The van der Waals surface area contributed by atoms with Gasteiger partial charge in [-0.2, -0.15) is 0 Å². The molecule has 0 radical (unpaired) electrons. The van der Waals surface area contributed by atoms with Gasteiger partial charge in [0.05, 0.1) is 0 Å². The highest BCUT2D eigenvalue weighted by Gasteiger charge is 2.09. The topological polar surface area (TPSA) is 12.0 Å². The molecule has 0 aromatic heterocycles. The van der Waals surface area contributed by atoms with Crippen LogP contribution in [0.2, 0.25) is 10.0 Å². The van der Waals surface area contributed by atoms with E-state index < -0.39 is 0 Å². The van der Waals surface area contributed by atoms with Gasteiger partial charge in [0.2, 0.25) is 0 Å². The zero-order chi connectivity index (χ0) is 13.1. The zero-order valence-corrected chi connectivity index (χ0v) is 11.9. The molecule has 0 amide bonds. The number of halogens is 2. The SMILES string of the molecule is Cc1ccc(NC(C)c2ccc(Cl)cc2Cl)cc1. The molecular formula is C15H15Cl2N. The second-order valence-electron chi connectivity index (χ2n) is 4.40. The lowest BCUT2D eigenvalue weighted by atomic mass is 10.1. The van der Waals surface area contributed by atoms with Crippen LogP contribution in [0.5, 0.6) is 0 Å². The molecule has 3 heteroatoms. The Bertz CT molecular complexity index is 535. The van der Waals surface area contributed by atoms with Crippen LogP contribution < -0.4 is 5.32 Å². The van der Waals surface area contributed by atoms with Crippen LogP contribution in [0, 0.1) is 6.92 Å². The van der Waals surface area contributed by atoms with Crippen molar-refractivity contribution in [3.05, 3.63) is 63.6 Å². The molecule has 0 aliphatic heterocycles. The normalized spacial score (nSPS) is 12.2. The fourth-order valence-corrected chi connectivity index (χ4v) is 2.40. The van der Waals surface area contributed by atoms with Crippen molar-refractivity contribution in [2.75, 3.05) is 5.32 Å². The summed E-state index contributed by atoms with van der Waals surface area (Å²) in [6.45, 7) is 4.15. The van der Waals surface area contributed by atoms with Crippen molar-refractivity contribution in [3.8, 4) is 0 Å². The zero-order valence-electron chi connectivity index (χ0n) is 10.4. The molecule has 0 saturated carbocycles. The van der Waals surface area contributed by atoms with Gasteiger partial charge in [0.1, 0.15) is 0 Å². The fraction of sp³-hybridized carbons (Fsp3) is 0.200. The summed E-state index contributed by atoms with van der Waals surface area (Å²) in [5.74, 6) is 0. The Morgan fingerprint density at radius 1 is 1.00 bits per heavy atom. The quantitative estimate of drug-likeness (QED) is 0.785. The van der Waals surface area contributed by atoms with Crippen LogP contribution in [-0.2, 0) is 0 Å². The van der Waals surface area contributed by atoms with Crippen molar-refractivity contribution < 1.29 is 0 Å². The smallest absolute Gasteiger partial charge is 0.0500 e. The summed E-state index contributed by atoms with van der Waals surface area (Å²) in [5.41, 5.74) is 3.37. The predicted molar refractivity (Wildman–Crippen MR) is 79.7 cm³/mol. The van der Waals surface area contributed by atoms with Crippen molar-refractivity contribution in [1.29, 1.82) is 0 Å². The molecule has 0 aliphatic carbocycles. The Morgan fingerprint density at radius 2 is 1.67 bits per heavy atom. The Balaban J connectivity index is 2.16. The van der Waals surface area contributed by atoms with Gasteiger partial charge in [0.25, 0.3) is 0 Å². The maximum atomic E-state index is 6.19. The van der Waals surface area contributed by atoms with Gasteiger partial charge < -0.3 is 5.32 Å². The van der Waals surface area contributed by atoms with E-state index in [9.17, 15) is 0 Å². The van der Waals surface area contributed by atoms with Gasteiger partial charge in [-0.05, 0) is 43.7 Å². The van der Waals surface area contributed by atoms with Crippen LogP contribution in [0.1, 0.15) is 24.1 Å². The second-order valence-corrected chi connectivity index (χ2v) is 5.24. The van der Waals surface area contributed by atoms with Crippen molar-refractivity contribution in [2.45, 2.75) is 19.9 Å². The van der Waals surface area contributed by atoms with Crippen LogP contribution in [0.15, 0.2) is 42.5 Å². The number of benzene rings is 2. The summed E-state index contributed by atoms with van der Waals surface area (Å²) in [6.07, 6.45) is 0. The molecule has 1 unspecified atom stereocenters. The fourth-order valence-electron chi connectivity index (χ4n) is 1.83. The molecule has 1 nitrogen and oxygen atoms in total. The van der Waals surface area contributed by atoms with Crippen LogP contribution in [0.25, 0.3) is 0 Å².